The van der Waals surface area contributed by atoms with E-state index >= 15 is 0 Å². The normalized spacial score (nSPS) is 11.8. The summed E-state index contributed by atoms with van der Waals surface area (Å²) in [5.41, 5.74) is 3.68. The smallest absolute Gasteiger partial charge is 0.211 e. The van der Waals surface area contributed by atoms with Crippen LogP contribution in [0.15, 0.2) is 94.5 Å². The zero-order valence-electron chi connectivity index (χ0n) is 15.3. The fraction of sp³-hybridized carbons (Fsp3) is 0.0455. The molecule has 2 aromatic heterocycles. The number of aromatic nitrogens is 2. The van der Waals surface area contributed by atoms with Crippen molar-refractivity contribution in [3.63, 3.8) is 0 Å². The predicted octanol–water partition coefficient (Wildman–Crippen LogP) is 4.73. The van der Waals surface area contributed by atoms with Crippen molar-refractivity contribution in [3.05, 3.63) is 94.9 Å². The molecule has 0 radical (unpaired) electrons. The molecule has 2 heterocycles. The van der Waals surface area contributed by atoms with Crippen LogP contribution in [0.25, 0.3) is 11.3 Å². The van der Waals surface area contributed by atoms with Crippen LogP contribution < -0.4 is 9.54 Å². The van der Waals surface area contributed by atoms with Gasteiger partial charge in [-0.1, -0.05) is 36.4 Å². The number of hydrogen-bond acceptors (Lipinski definition) is 5. The fourth-order valence-corrected chi connectivity index (χ4v) is 3.49. The largest absolute Gasteiger partial charge is 0.497 e. The number of hydrogen-bond donors (Lipinski definition) is 0. The molecule has 4 aromatic rings. The number of benzene rings is 2. The van der Waals surface area contributed by atoms with Gasteiger partial charge in [-0.25, -0.2) is 9.67 Å². The van der Waals surface area contributed by atoms with Gasteiger partial charge >= 0.3 is 0 Å². The zero-order chi connectivity index (χ0) is 19.2. The van der Waals surface area contributed by atoms with E-state index in [2.05, 4.69) is 27.6 Å². The number of rotatable bonds is 5. The minimum Gasteiger partial charge on any atom is -0.497 e. The number of ether oxygens (including phenoxy) is 1. The van der Waals surface area contributed by atoms with E-state index in [1.807, 2.05) is 65.3 Å². The molecule has 138 valence electrons. The van der Waals surface area contributed by atoms with Crippen molar-refractivity contribution < 1.29 is 4.74 Å². The van der Waals surface area contributed by atoms with Crippen molar-refractivity contribution in [1.82, 2.24) is 9.66 Å². The maximum atomic E-state index is 5.22. The van der Waals surface area contributed by atoms with Gasteiger partial charge in [-0.05, 0) is 36.4 Å². The van der Waals surface area contributed by atoms with Crippen LogP contribution in [0.1, 0.15) is 5.69 Å². The van der Waals surface area contributed by atoms with Crippen LogP contribution in [0.2, 0.25) is 0 Å². The molecular weight excluding hydrogens is 368 g/mol. The summed E-state index contributed by atoms with van der Waals surface area (Å²) >= 11 is 1.54. The summed E-state index contributed by atoms with van der Waals surface area (Å²) in [7, 11) is 1.65. The van der Waals surface area contributed by atoms with Crippen LogP contribution in [0.4, 0.5) is 5.69 Å². The topological polar surface area (TPSA) is 51.8 Å². The van der Waals surface area contributed by atoms with Crippen LogP contribution >= 0.6 is 11.3 Å². The molecule has 0 bridgehead atoms. The van der Waals surface area contributed by atoms with Crippen LogP contribution in [0.5, 0.6) is 5.75 Å². The molecule has 28 heavy (non-hydrogen) atoms. The monoisotopic (exact) mass is 386 g/mol. The average molecular weight is 386 g/mol. The Kier molecular flexibility index (Phi) is 5.40. The summed E-state index contributed by atoms with van der Waals surface area (Å²) in [6, 6.07) is 23.5. The summed E-state index contributed by atoms with van der Waals surface area (Å²) in [5.74, 6) is 0.802. The number of pyridine rings is 1. The molecular formula is C22H18N4OS. The first-order valence-corrected chi connectivity index (χ1v) is 9.61. The van der Waals surface area contributed by atoms with Gasteiger partial charge in [0.05, 0.1) is 30.4 Å². The molecule has 0 spiro atoms. The molecule has 2 aromatic carbocycles. The van der Waals surface area contributed by atoms with Crippen molar-refractivity contribution in [2.45, 2.75) is 0 Å². The lowest BCUT2D eigenvalue weighted by Gasteiger charge is -2.03. The number of nitrogens with zero attached hydrogens (tertiary/aromatic N) is 4. The second-order valence-electron chi connectivity index (χ2n) is 5.89. The molecule has 0 atom stereocenters. The molecule has 0 saturated carbocycles. The Labute approximate surface area is 166 Å². The molecule has 0 saturated heterocycles. The van der Waals surface area contributed by atoms with Gasteiger partial charge in [-0.15, -0.1) is 11.3 Å². The maximum absolute atomic E-state index is 5.22. The van der Waals surface area contributed by atoms with Crippen LogP contribution in [-0.4, -0.2) is 23.0 Å². The first-order valence-electron chi connectivity index (χ1n) is 8.73. The van der Waals surface area contributed by atoms with Crippen molar-refractivity contribution >= 4 is 23.2 Å². The molecule has 0 amide bonds. The Hall–Kier alpha value is -3.51. The minimum atomic E-state index is 0.774. The summed E-state index contributed by atoms with van der Waals surface area (Å²) < 4.78 is 7.06. The first kappa shape index (κ1) is 17.9. The Bertz CT molecular complexity index is 1130. The van der Waals surface area contributed by atoms with E-state index in [4.69, 9.17) is 9.73 Å². The molecule has 0 unspecified atom stereocenters. The van der Waals surface area contributed by atoms with E-state index in [0.29, 0.717) is 0 Å². The van der Waals surface area contributed by atoms with Gasteiger partial charge in [0.15, 0.2) is 0 Å². The lowest BCUT2D eigenvalue weighted by molar-refractivity contribution is 0.415. The van der Waals surface area contributed by atoms with Crippen molar-refractivity contribution in [2.24, 2.45) is 10.1 Å². The van der Waals surface area contributed by atoms with Gasteiger partial charge in [-0.3, -0.25) is 4.98 Å². The summed E-state index contributed by atoms with van der Waals surface area (Å²) in [6.45, 7) is 0. The highest BCUT2D eigenvalue weighted by Gasteiger charge is 2.07. The van der Waals surface area contributed by atoms with Crippen LogP contribution in [0, 0.1) is 0 Å². The SMILES string of the molecule is COc1ccc(N=c2scc(-c3ccccc3)n2/N=C\c2ccccn2)cc1. The van der Waals surface area contributed by atoms with E-state index in [1.165, 1.54) is 0 Å². The van der Waals surface area contributed by atoms with Crippen molar-refractivity contribution in [2.75, 3.05) is 7.11 Å². The highest BCUT2D eigenvalue weighted by atomic mass is 32.1. The van der Waals surface area contributed by atoms with E-state index in [9.17, 15) is 0 Å². The Morgan fingerprint density at radius 1 is 0.964 bits per heavy atom. The minimum absolute atomic E-state index is 0.774. The Balaban J connectivity index is 1.80. The zero-order valence-corrected chi connectivity index (χ0v) is 16.1. The van der Waals surface area contributed by atoms with E-state index in [-0.39, 0.29) is 0 Å². The van der Waals surface area contributed by atoms with Gasteiger partial charge in [0.2, 0.25) is 4.80 Å². The van der Waals surface area contributed by atoms with Gasteiger partial charge < -0.3 is 4.74 Å². The quantitative estimate of drug-likeness (QED) is 0.466. The lowest BCUT2D eigenvalue weighted by atomic mass is 10.2. The third-order valence-electron chi connectivity index (χ3n) is 4.05. The Morgan fingerprint density at radius 3 is 2.46 bits per heavy atom. The summed E-state index contributed by atoms with van der Waals surface area (Å²) in [4.78, 5) is 9.85. The van der Waals surface area contributed by atoms with Crippen LogP contribution in [0.3, 0.4) is 0 Å². The van der Waals surface area contributed by atoms with Gasteiger partial charge in [0, 0.05) is 17.1 Å². The van der Waals surface area contributed by atoms with Crippen LogP contribution in [-0.2, 0) is 0 Å². The summed E-state index contributed by atoms with van der Waals surface area (Å²) in [6.07, 6.45) is 3.49. The number of thiazole rings is 1. The lowest BCUT2D eigenvalue weighted by Crippen LogP contribution is -2.11. The van der Waals surface area contributed by atoms with E-state index in [1.54, 1.807) is 30.9 Å². The standard InChI is InChI=1S/C22H18N4OS/c1-27-20-12-10-18(11-13-20)25-22-26(24-15-19-9-5-6-14-23-19)21(16-28-22)17-7-3-2-4-8-17/h2-16H,1H3/b24-15-,25-22?. The van der Waals surface area contributed by atoms with Crippen molar-refractivity contribution in [1.29, 1.82) is 0 Å². The molecule has 0 aliphatic heterocycles. The fourth-order valence-electron chi connectivity index (χ4n) is 2.63. The second kappa shape index (κ2) is 8.45. The van der Waals surface area contributed by atoms with E-state index in [0.717, 1.165) is 33.2 Å². The molecule has 4 rings (SSSR count). The third kappa shape index (κ3) is 4.07. The van der Waals surface area contributed by atoms with Gasteiger partial charge in [-0.2, -0.15) is 5.10 Å². The Morgan fingerprint density at radius 2 is 1.75 bits per heavy atom. The second-order valence-corrected chi connectivity index (χ2v) is 6.73. The molecule has 0 aliphatic rings. The molecule has 6 heteroatoms. The molecule has 0 N–H and O–H groups in total. The highest BCUT2D eigenvalue weighted by Crippen LogP contribution is 2.21. The molecule has 0 fully saturated rings. The first-order chi connectivity index (χ1) is 13.8. The third-order valence-corrected chi connectivity index (χ3v) is 4.86. The molecule has 5 nitrogen and oxygen atoms in total. The molecule has 0 aliphatic carbocycles. The van der Waals surface area contributed by atoms with Gasteiger partial charge in [0.25, 0.3) is 0 Å². The van der Waals surface area contributed by atoms with Gasteiger partial charge in [0.1, 0.15) is 5.75 Å². The summed E-state index contributed by atoms with van der Waals surface area (Å²) in [5, 5.41) is 6.73. The maximum Gasteiger partial charge on any atom is 0.211 e. The number of methoxy groups -OCH3 is 1. The average Bonchev–Trinajstić information content (AvgIpc) is 3.16. The van der Waals surface area contributed by atoms with Crippen molar-refractivity contribution in [3.8, 4) is 17.0 Å². The predicted molar refractivity (Wildman–Crippen MR) is 113 cm³/mol. The highest BCUT2D eigenvalue weighted by molar-refractivity contribution is 7.07. The van der Waals surface area contributed by atoms with E-state index < -0.39 is 0 Å².